The Labute approximate surface area is 175 Å². The van der Waals surface area contributed by atoms with E-state index in [1.54, 1.807) is 6.20 Å². The summed E-state index contributed by atoms with van der Waals surface area (Å²) in [5.41, 5.74) is 6.64. The fraction of sp³-hybridized carbons (Fsp3) is 0.0769. The number of aryl methyl sites for hydroxylation is 1. The van der Waals surface area contributed by atoms with E-state index in [2.05, 4.69) is 42.2 Å². The van der Waals surface area contributed by atoms with Crippen molar-refractivity contribution in [1.29, 1.82) is 0 Å². The zero-order valence-corrected chi connectivity index (χ0v) is 16.7. The number of pyridine rings is 1. The van der Waals surface area contributed by atoms with Crippen molar-refractivity contribution in [3.8, 4) is 22.7 Å². The van der Waals surface area contributed by atoms with Gasteiger partial charge in [-0.1, -0.05) is 66.2 Å². The number of phenols is 1. The average molecular weight is 391 g/mol. The normalized spacial score (nSPS) is 11.1. The van der Waals surface area contributed by atoms with E-state index in [0.717, 1.165) is 33.6 Å². The molecule has 2 aromatic heterocycles. The van der Waals surface area contributed by atoms with Gasteiger partial charge in [-0.2, -0.15) is 5.10 Å². The summed E-state index contributed by atoms with van der Waals surface area (Å²) in [6.45, 7) is 2.08. The average Bonchev–Trinajstić information content (AvgIpc) is 3.21. The molecule has 0 saturated carbocycles. The number of hydrogen-bond acceptors (Lipinski definition) is 3. The van der Waals surface area contributed by atoms with E-state index in [-0.39, 0.29) is 5.75 Å². The Morgan fingerprint density at radius 2 is 1.67 bits per heavy atom. The first kappa shape index (κ1) is 18.1. The van der Waals surface area contributed by atoms with Crippen molar-refractivity contribution in [2.24, 2.45) is 0 Å². The molecule has 0 radical (unpaired) electrons. The summed E-state index contributed by atoms with van der Waals surface area (Å²) in [4.78, 5) is 4.35. The highest BCUT2D eigenvalue weighted by Crippen LogP contribution is 2.30. The molecule has 0 saturated heterocycles. The predicted molar refractivity (Wildman–Crippen MR) is 120 cm³/mol. The molecule has 30 heavy (non-hydrogen) atoms. The Hall–Kier alpha value is -3.92. The third-order valence-electron chi connectivity index (χ3n) is 5.33. The van der Waals surface area contributed by atoms with Crippen molar-refractivity contribution in [3.05, 3.63) is 108 Å². The van der Waals surface area contributed by atoms with Crippen molar-refractivity contribution in [1.82, 2.24) is 14.8 Å². The summed E-state index contributed by atoms with van der Waals surface area (Å²) in [5.74, 6) is 0.228. The van der Waals surface area contributed by atoms with Gasteiger partial charge < -0.3 is 5.11 Å². The van der Waals surface area contributed by atoms with Gasteiger partial charge in [0.25, 0.3) is 0 Å². The Bertz CT molecular complexity index is 1320. The van der Waals surface area contributed by atoms with Crippen LogP contribution in [0.2, 0.25) is 0 Å². The largest absolute Gasteiger partial charge is 0.505 e. The molecule has 3 aromatic carbocycles. The van der Waals surface area contributed by atoms with Crippen LogP contribution >= 0.6 is 0 Å². The van der Waals surface area contributed by atoms with Crippen molar-refractivity contribution in [2.45, 2.75) is 13.3 Å². The number of aromatic hydroxyl groups is 1. The number of phenolic OH excluding ortho intramolecular Hbond substituents is 1. The second kappa shape index (κ2) is 7.48. The topological polar surface area (TPSA) is 50.9 Å². The van der Waals surface area contributed by atoms with Crippen LogP contribution in [0.3, 0.4) is 0 Å². The van der Waals surface area contributed by atoms with E-state index in [0.29, 0.717) is 11.9 Å². The summed E-state index contributed by atoms with van der Waals surface area (Å²) in [6, 6.07) is 28.3. The van der Waals surface area contributed by atoms with E-state index in [1.807, 2.05) is 59.3 Å². The molecule has 0 atom stereocenters. The highest BCUT2D eigenvalue weighted by atomic mass is 16.3. The van der Waals surface area contributed by atoms with Crippen LogP contribution < -0.4 is 0 Å². The lowest BCUT2D eigenvalue weighted by Crippen LogP contribution is -2.03. The van der Waals surface area contributed by atoms with Crippen LogP contribution in [-0.4, -0.2) is 19.9 Å². The maximum atomic E-state index is 10.8. The van der Waals surface area contributed by atoms with Gasteiger partial charge >= 0.3 is 0 Å². The first-order chi connectivity index (χ1) is 14.7. The molecule has 0 aliphatic carbocycles. The number of nitrogens with zero attached hydrogens (tertiary/aromatic N) is 3. The van der Waals surface area contributed by atoms with Gasteiger partial charge in [0.05, 0.1) is 11.4 Å². The molecule has 0 amide bonds. The van der Waals surface area contributed by atoms with Gasteiger partial charge in [0.1, 0.15) is 11.3 Å². The van der Waals surface area contributed by atoms with E-state index >= 15 is 0 Å². The second-order valence-corrected chi connectivity index (χ2v) is 7.46. The molecule has 2 heterocycles. The SMILES string of the molecule is Cc1ccc(-c2cc(Cc3ccc4cccnc4c3O)n(-c3ccccc3)n2)cc1. The van der Waals surface area contributed by atoms with Crippen molar-refractivity contribution >= 4 is 10.9 Å². The Morgan fingerprint density at radius 1 is 0.867 bits per heavy atom. The third-order valence-corrected chi connectivity index (χ3v) is 5.33. The lowest BCUT2D eigenvalue weighted by atomic mass is 10.0. The monoisotopic (exact) mass is 391 g/mol. The van der Waals surface area contributed by atoms with E-state index in [4.69, 9.17) is 5.10 Å². The fourth-order valence-corrected chi connectivity index (χ4v) is 3.71. The lowest BCUT2D eigenvalue weighted by molar-refractivity contribution is 0.474. The summed E-state index contributed by atoms with van der Waals surface area (Å²) in [5, 5.41) is 16.6. The van der Waals surface area contributed by atoms with Crippen LogP contribution in [0.5, 0.6) is 5.75 Å². The molecule has 0 fully saturated rings. The van der Waals surface area contributed by atoms with Gasteiger partial charge in [-0.3, -0.25) is 4.98 Å². The first-order valence-electron chi connectivity index (χ1n) is 9.96. The first-order valence-corrected chi connectivity index (χ1v) is 9.96. The quantitative estimate of drug-likeness (QED) is 0.428. The van der Waals surface area contributed by atoms with Crippen molar-refractivity contribution in [3.63, 3.8) is 0 Å². The van der Waals surface area contributed by atoms with Crippen LogP contribution in [0, 0.1) is 6.92 Å². The number of para-hydroxylation sites is 1. The summed E-state index contributed by atoms with van der Waals surface area (Å²) in [7, 11) is 0. The van der Waals surface area contributed by atoms with Crippen molar-refractivity contribution in [2.75, 3.05) is 0 Å². The number of aromatic nitrogens is 3. The molecule has 0 bridgehead atoms. The van der Waals surface area contributed by atoms with Crippen LogP contribution in [0.25, 0.3) is 27.8 Å². The van der Waals surface area contributed by atoms with Gasteiger partial charge in [-0.15, -0.1) is 0 Å². The maximum absolute atomic E-state index is 10.8. The van der Waals surface area contributed by atoms with Crippen molar-refractivity contribution < 1.29 is 5.11 Å². The van der Waals surface area contributed by atoms with Gasteiger partial charge in [0.2, 0.25) is 0 Å². The molecule has 0 unspecified atom stereocenters. The fourth-order valence-electron chi connectivity index (χ4n) is 3.71. The van der Waals surface area contributed by atoms with Gasteiger partial charge in [-0.05, 0) is 31.2 Å². The Kier molecular flexibility index (Phi) is 4.52. The molecule has 5 aromatic rings. The zero-order chi connectivity index (χ0) is 20.5. The molecule has 4 heteroatoms. The minimum atomic E-state index is 0.228. The molecular formula is C26H21N3O. The summed E-state index contributed by atoms with van der Waals surface area (Å²) >= 11 is 0. The second-order valence-electron chi connectivity index (χ2n) is 7.46. The predicted octanol–water partition coefficient (Wildman–Crippen LogP) is 5.69. The maximum Gasteiger partial charge on any atom is 0.145 e. The van der Waals surface area contributed by atoms with Gasteiger partial charge in [0.15, 0.2) is 0 Å². The third kappa shape index (κ3) is 3.33. The van der Waals surface area contributed by atoms with Crippen LogP contribution in [0.4, 0.5) is 0 Å². The van der Waals surface area contributed by atoms with Gasteiger partial charge in [-0.25, -0.2) is 4.68 Å². The van der Waals surface area contributed by atoms with Crippen LogP contribution in [0.15, 0.2) is 91.1 Å². The highest BCUT2D eigenvalue weighted by Gasteiger charge is 2.15. The molecule has 1 N–H and O–H groups in total. The minimum absolute atomic E-state index is 0.228. The van der Waals surface area contributed by atoms with E-state index in [9.17, 15) is 5.11 Å². The molecule has 0 aliphatic rings. The van der Waals surface area contributed by atoms with E-state index in [1.165, 1.54) is 5.56 Å². The molecule has 0 aliphatic heterocycles. The minimum Gasteiger partial charge on any atom is -0.505 e. The summed E-state index contributed by atoms with van der Waals surface area (Å²) in [6.07, 6.45) is 2.25. The highest BCUT2D eigenvalue weighted by molar-refractivity contribution is 5.85. The summed E-state index contributed by atoms with van der Waals surface area (Å²) < 4.78 is 1.96. The van der Waals surface area contributed by atoms with Crippen LogP contribution in [0.1, 0.15) is 16.8 Å². The van der Waals surface area contributed by atoms with Gasteiger partial charge in [0, 0.05) is 34.8 Å². The molecule has 146 valence electrons. The number of benzene rings is 3. The number of rotatable bonds is 4. The Morgan fingerprint density at radius 3 is 2.47 bits per heavy atom. The van der Waals surface area contributed by atoms with Crippen LogP contribution in [-0.2, 0) is 6.42 Å². The molecule has 0 spiro atoms. The standard InChI is InChI=1S/C26H21N3O/c1-18-9-11-19(12-10-18)24-17-23(29(28-24)22-7-3-2-4-8-22)16-21-14-13-20-6-5-15-27-25(20)26(21)30/h2-15,17,30H,16H2,1H3. The zero-order valence-electron chi connectivity index (χ0n) is 16.7. The molecule has 4 nitrogen and oxygen atoms in total. The number of fused-ring (bicyclic) bond motifs is 1. The smallest absolute Gasteiger partial charge is 0.145 e. The Balaban J connectivity index is 1.62. The number of hydrogen-bond donors (Lipinski definition) is 1. The van der Waals surface area contributed by atoms with E-state index < -0.39 is 0 Å². The lowest BCUT2D eigenvalue weighted by Gasteiger charge is -2.10. The molecule has 5 rings (SSSR count). The molecular weight excluding hydrogens is 370 g/mol.